The van der Waals surface area contributed by atoms with Crippen LogP contribution in [0.3, 0.4) is 0 Å². The van der Waals surface area contributed by atoms with Crippen LogP contribution < -0.4 is 12.4 Å². The summed E-state index contributed by atoms with van der Waals surface area (Å²) >= 11 is 2.38. The van der Waals surface area contributed by atoms with Crippen molar-refractivity contribution in [1.82, 2.24) is 0 Å². The summed E-state index contributed by atoms with van der Waals surface area (Å²) in [5.41, 5.74) is 0. The van der Waals surface area contributed by atoms with Gasteiger partial charge in [0, 0.05) is 24.1 Å². The minimum Gasteiger partial charge on any atom is -1.00 e. The van der Waals surface area contributed by atoms with E-state index < -0.39 is 0 Å². The van der Waals surface area contributed by atoms with Gasteiger partial charge in [-0.25, -0.2) is 3.63 Å². The highest BCUT2D eigenvalue weighted by molar-refractivity contribution is 8.10. The molecule has 1 nitrogen and oxygen atoms in total. The maximum absolute atomic E-state index is 4.73. The predicted octanol–water partition coefficient (Wildman–Crippen LogP) is -0.410. The Hall–Kier alpha value is 0.430. The summed E-state index contributed by atoms with van der Waals surface area (Å²) in [6.07, 6.45) is 0. The van der Waals surface area contributed by atoms with Crippen molar-refractivity contribution in [1.29, 1.82) is 0 Å². The molecule has 0 aliphatic heterocycles. The first kappa shape index (κ1) is 11.3. The van der Waals surface area contributed by atoms with E-state index >= 15 is 0 Å². The number of hydrogen-bond donors (Lipinski definition) is 0. The molecule has 0 aromatic rings. The van der Waals surface area contributed by atoms with Gasteiger partial charge >= 0.3 is 0 Å². The van der Waals surface area contributed by atoms with Crippen LogP contribution in [0.4, 0.5) is 0 Å². The molecule has 0 N–H and O–H groups in total. The lowest BCUT2D eigenvalue weighted by atomic mass is 11.3. The zero-order valence-corrected chi connectivity index (χ0v) is 6.56. The summed E-state index contributed by atoms with van der Waals surface area (Å²) < 4.78 is 4.73. The summed E-state index contributed by atoms with van der Waals surface area (Å²) in [6, 6.07) is 0. The van der Waals surface area contributed by atoms with E-state index in [1.807, 2.05) is 0 Å². The lowest BCUT2D eigenvalue weighted by Crippen LogP contribution is -3.00. The van der Waals surface area contributed by atoms with E-state index in [2.05, 4.69) is 13.2 Å². The van der Waals surface area contributed by atoms with Crippen molar-refractivity contribution in [2.24, 2.45) is 0 Å². The quantitative estimate of drug-likeness (QED) is 0.419. The molecule has 0 rings (SSSR count). The van der Waals surface area contributed by atoms with Gasteiger partial charge in [0.05, 0.1) is 0 Å². The third kappa shape index (κ3) is 9.66. The zero-order chi connectivity index (χ0) is 5.54. The topological polar surface area (TPSA) is 9.23 Å². The van der Waals surface area contributed by atoms with Crippen molar-refractivity contribution in [3.8, 4) is 0 Å². The van der Waals surface area contributed by atoms with E-state index in [-0.39, 0.29) is 12.4 Å². The highest BCUT2D eigenvalue weighted by Crippen LogP contribution is 2.14. The van der Waals surface area contributed by atoms with E-state index in [9.17, 15) is 0 Å². The van der Waals surface area contributed by atoms with Crippen LogP contribution in [0.25, 0.3) is 0 Å². The minimum atomic E-state index is 0. The molecule has 0 aliphatic rings. The predicted molar refractivity (Wildman–Crippen MR) is 36.7 cm³/mol. The van der Waals surface area contributed by atoms with Gasteiger partial charge in [-0.1, -0.05) is 13.2 Å². The van der Waals surface area contributed by atoms with Crippen molar-refractivity contribution in [2.45, 2.75) is 0 Å². The van der Waals surface area contributed by atoms with E-state index in [1.54, 1.807) is 10.8 Å². The third-order valence-corrected chi connectivity index (χ3v) is 1.12. The van der Waals surface area contributed by atoms with Crippen molar-refractivity contribution in [3.63, 3.8) is 0 Å². The number of halogens is 1. The van der Waals surface area contributed by atoms with Crippen LogP contribution in [-0.4, -0.2) is 0 Å². The molecule has 0 saturated heterocycles. The van der Waals surface area contributed by atoms with Crippen molar-refractivity contribution in [3.05, 3.63) is 24.0 Å². The first-order valence-electron chi connectivity index (χ1n) is 1.62. The fourth-order valence-electron chi connectivity index (χ4n) is 0.0782. The minimum absolute atomic E-state index is 0. The van der Waals surface area contributed by atoms with Crippen LogP contribution in [0, 0.1) is 0 Å². The monoisotopic (exact) mass is 169 g/mol. The Morgan fingerprint density at radius 3 is 1.75 bits per heavy atom. The highest BCUT2D eigenvalue weighted by atomic mass is 35.5. The molecule has 48 valence electrons. The Bertz CT molecular complexity index is 59.1. The molecule has 0 unspecified atom stereocenters. The van der Waals surface area contributed by atoms with Gasteiger partial charge in [-0.3, -0.25) is 0 Å². The van der Waals surface area contributed by atoms with Gasteiger partial charge in [-0.15, -0.1) is 0 Å². The number of rotatable bonds is 4. The Morgan fingerprint density at radius 2 is 1.50 bits per heavy atom. The van der Waals surface area contributed by atoms with Crippen molar-refractivity contribution in [2.75, 3.05) is 0 Å². The molecule has 0 amide bonds. The van der Waals surface area contributed by atoms with Crippen LogP contribution in [0.1, 0.15) is 0 Å². The molecule has 0 heterocycles. The SMILES string of the molecule is C=CSOSC=C.[Cl-]. The first-order chi connectivity index (χ1) is 3.41. The van der Waals surface area contributed by atoms with E-state index in [4.69, 9.17) is 3.63 Å². The normalized spacial score (nSPS) is 7.00. The van der Waals surface area contributed by atoms with Crippen molar-refractivity contribution < 1.29 is 16.0 Å². The summed E-state index contributed by atoms with van der Waals surface area (Å²) in [6.45, 7) is 6.85. The maximum atomic E-state index is 4.73. The molecule has 0 bridgehead atoms. The maximum Gasteiger partial charge on any atom is 0.0361 e. The molecule has 0 fully saturated rings. The smallest absolute Gasteiger partial charge is 0.0361 e. The molecule has 0 atom stereocenters. The fraction of sp³-hybridized carbons (Fsp3) is 0. The Kier molecular flexibility index (Phi) is 14.7. The second-order valence-corrected chi connectivity index (χ2v) is 2.19. The second kappa shape index (κ2) is 10.4. The van der Waals surface area contributed by atoms with Gasteiger partial charge in [0.1, 0.15) is 0 Å². The van der Waals surface area contributed by atoms with E-state index in [1.165, 1.54) is 24.1 Å². The van der Waals surface area contributed by atoms with Gasteiger partial charge in [-0.2, -0.15) is 0 Å². The average molecular weight is 170 g/mol. The van der Waals surface area contributed by atoms with Gasteiger partial charge < -0.3 is 12.4 Å². The van der Waals surface area contributed by atoms with Crippen molar-refractivity contribution >= 4 is 24.1 Å². The van der Waals surface area contributed by atoms with Gasteiger partial charge in [0.15, 0.2) is 0 Å². The summed E-state index contributed by atoms with van der Waals surface area (Å²) in [5, 5.41) is 3.22. The third-order valence-electron chi connectivity index (χ3n) is 0.215. The average Bonchev–Trinajstić information content (AvgIpc) is 1.69. The van der Waals surface area contributed by atoms with Crippen LogP contribution in [0.5, 0.6) is 0 Å². The molecular weight excluding hydrogens is 164 g/mol. The fourth-order valence-corrected chi connectivity index (χ4v) is 0.704. The first-order valence-corrected chi connectivity index (χ1v) is 3.23. The molecule has 0 radical (unpaired) electrons. The summed E-state index contributed by atoms with van der Waals surface area (Å²) in [7, 11) is 0. The molecule has 0 aliphatic carbocycles. The van der Waals surface area contributed by atoms with E-state index in [0.717, 1.165) is 0 Å². The summed E-state index contributed by atoms with van der Waals surface area (Å²) in [4.78, 5) is 0. The molecule has 0 aromatic carbocycles. The number of hydrogen-bond acceptors (Lipinski definition) is 3. The molecule has 0 saturated carbocycles. The van der Waals surface area contributed by atoms with Crippen LogP contribution in [0.15, 0.2) is 24.0 Å². The molecule has 0 spiro atoms. The Morgan fingerprint density at radius 1 is 1.12 bits per heavy atom. The Balaban J connectivity index is 0. The molecular formula is C4H6ClOS2-. The van der Waals surface area contributed by atoms with Gasteiger partial charge in [-0.05, 0) is 10.8 Å². The zero-order valence-electron chi connectivity index (χ0n) is 4.17. The van der Waals surface area contributed by atoms with Crippen LogP contribution in [-0.2, 0) is 3.63 Å². The molecule has 0 aromatic heterocycles. The molecule has 4 heteroatoms. The lowest BCUT2D eigenvalue weighted by Gasteiger charge is -1.85. The van der Waals surface area contributed by atoms with Crippen LogP contribution >= 0.6 is 24.1 Å². The Labute approximate surface area is 64.4 Å². The standard InChI is InChI=1S/C4H6OS2.ClH/c1-3-6-5-7-4-2;/h3-4H,1-2H2;1H/p-1. The van der Waals surface area contributed by atoms with Crippen LogP contribution in [0.2, 0.25) is 0 Å². The highest BCUT2D eigenvalue weighted by Gasteiger charge is 1.74. The largest absolute Gasteiger partial charge is 1.00 e. The molecule has 8 heavy (non-hydrogen) atoms. The van der Waals surface area contributed by atoms with Gasteiger partial charge in [0.2, 0.25) is 0 Å². The van der Waals surface area contributed by atoms with Gasteiger partial charge in [0.25, 0.3) is 0 Å². The summed E-state index contributed by atoms with van der Waals surface area (Å²) in [5.74, 6) is 0. The second-order valence-electron chi connectivity index (χ2n) is 0.594. The lowest BCUT2D eigenvalue weighted by molar-refractivity contribution is -0.00000188. The van der Waals surface area contributed by atoms with E-state index in [0.29, 0.717) is 0 Å².